The maximum absolute atomic E-state index is 11.7. The van der Waals surface area contributed by atoms with Crippen LogP contribution in [0.3, 0.4) is 0 Å². The molecule has 2 saturated heterocycles. The van der Waals surface area contributed by atoms with Gasteiger partial charge in [0.2, 0.25) is 11.7 Å². The molecule has 2 fully saturated rings. The van der Waals surface area contributed by atoms with Gasteiger partial charge in [-0.2, -0.15) is 4.98 Å². The van der Waals surface area contributed by atoms with E-state index in [2.05, 4.69) is 50.3 Å². The lowest BCUT2D eigenvalue weighted by Crippen LogP contribution is -2.47. The predicted molar refractivity (Wildman–Crippen MR) is 131 cm³/mol. The molecule has 34 heavy (non-hydrogen) atoms. The monoisotopic (exact) mass is 480 g/mol. The molecule has 0 spiro atoms. The first-order valence-corrected chi connectivity index (χ1v) is 14.0. The van der Waals surface area contributed by atoms with Crippen LogP contribution < -0.4 is 0 Å². The van der Waals surface area contributed by atoms with E-state index in [9.17, 15) is 8.42 Å². The number of piperidine rings is 2. The molecule has 0 amide bonds. The van der Waals surface area contributed by atoms with Crippen LogP contribution in [0.15, 0.2) is 64.0 Å². The molecule has 8 heteroatoms. The van der Waals surface area contributed by atoms with E-state index in [0.29, 0.717) is 22.7 Å². The van der Waals surface area contributed by atoms with Gasteiger partial charge in [-0.25, -0.2) is 8.42 Å². The molecule has 0 atom stereocenters. The van der Waals surface area contributed by atoms with Crippen molar-refractivity contribution in [3.63, 3.8) is 0 Å². The summed E-state index contributed by atoms with van der Waals surface area (Å²) in [6.07, 6.45) is 5.71. The first-order valence-electron chi connectivity index (χ1n) is 12.1. The maximum atomic E-state index is 11.7. The van der Waals surface area contributed by atoms with Gasteiger partial charge < -0.3 is 9.42 Å². The third-order valence-corrected chi connectivity index (χ3v) is 8.31. The van der Waals surface area contributed by atoms with Crippen molar-refractivity contribution in [1.29, 1.82) is 0 Å². The zero-order valence-electron chi connectivity index (χ0n) is 19.6. The van der Waals surface area contributed by atoms with E-state index in [1.807, 2.05) is 0 Å². The largest absolute Gasteiger partial charge is 0.339 e. The van der Waals surface area contributed by atoms with Gasteiger partial charge in [0, 0.05) is 30.3 Å². The van der Waals surface area contributed by atoms with Crippen molar-refractivity contribution < 1.29 is 12.9 Å². The first-order chi connectivity index (χ1) is 16.5. The molecule has 3 aromatic rings. The minimum absolute atomic E-state index is 0.283. The maximum Gasteiger partial charge on any atom is 0.230 e. The van der Waals surface area contributed by atoms with Crippen molar-refractivity contribution in [3.05, 3.63) is 66.1 Å². The van der Waals surface area contributed by atoms with Crippen molar-refractivity contribution in [2.45, 2.75) is 49.1 Å². The molecule has 2 aromatic carbocycles. The molecule has 180 valence electrons. The Balaban J connectivity index is 1.12. The highest BCUT2D eigenvalue weighted by molar-refractivity contribution is 7.90. The Labute approximate surface area is 201 Å². The highest BCUT2D eigenvalue weighted by Crippen LogP contribution is 2.31. The van der Waals surface area contributed by atoms with Crippen LogP contribution in [-0.2, 0) is 16.4 Å². The molecule has 0 N–H and O–H groups in total. The normalized spacial score (nSPS) is 19.4. The number of nitrogens with zero attached hydrogens (tertiary/aromatic N) is 4. The molecule has 0 radical (unpaired) electrons. The van der Waals surface area contributed by atoms with Crippen LogP contribution >= 0.6 is 0 Å². The first kappa shape index (κ1) is 23.2. The Hall–Kier alpha value is -2.55. The quantitative estimate of drug-likeness (QED) is 0.528. The SMILES string of the molecule is CS(=O)(=O)c1ccc(-c2noc(C3CCN(C4CCN(Cc5ccccc5)CC4)CC3)n2)cc1. The van der Waals surface area contributed by atoms with Crippen LogP contribution in [0, 0.1) is 0 Å². The third kappa shape index (κ3) is 5.40. The molecule has 0 saturated carbocycles. The van der Waals surface area contributed by atoms with E-state index in [0.717, 1.165) is 51.1 Å². The van der Waals surface area contributed by atoms with Crippen LogP contribution in [0.4, 0.5) is 0 Å². The average Bonchev–Trinajstić information content (AvgIpc) is 3.35. The van der Waals surface area contributed by atoms with Crippen molar-refractivity contribution in [1.82, 2.24) is 19.9 Å². The van der Waals surface area contributed by atoms with Gasteiger partial charge in [-0.3, -0.25) is 4.90 Å². The summed E-state index contributed by atoms with van der Waals surface area (Å²) >= 11 is 0. The van der Waals surface area contributed by atoms with E-state index in [1.165, 1.54) is 24.7 Å². The minimum atomic E-state index is -3.22. The third-order valence-electron chi connectivity index (χ3n) is 7.18. The smallest absolute Gasteiger partial charge is 0.230 e. The van der Waals surface area contributed by atoms with Gasteiger partial charge in [0.05, 0.1) is 4.90 Å². The van der Waals surface area contributed by atoms with E-state index in [-0.39, 0.29) is 5.92 Å². The molecule has 3 heterocycles. The lowest BCUT2D eigenvalue weighted by Gasteiger charge is -2.41. The standard InChI is InChI=1S/C26H32N4O3S/c1-34(31,32)24-9-7-21(8-10-24)25-27-26(33-28-25)22-11-17-30(18-12-22)23-13-15-29(16-14-23)19-20-5-3-2-4-6-20/h2-10,22-23H,11-19H2,1H3. The van der Waals surface area contributed by atoms with Gasteiger partial charge >= 0.3 is 0 Å². The minimum Gasteiger partial charge on any atom is -0.339 e. The van der Waals surface area contributed by atoms with E-state index < -0.39 is 9.84 Å². The lowest BCUT2D eigenvalue weighted by atomic mass is 9.93. The molecule has 0 bridgehead atoms. The Morgan fingerprint density at radius 3 is 2.24 bits per heavy atom. The van der Waals surface area contributed by atoms with Crippen molar-refractivity contribution in [3.8, 4) is 11.4 Å². The summed E-state index contributed by atoms with van der Waals surface area (Å²) in [6.45, 7) is 5.49. The number of hydrogen-bond acceptors (Lipinski definition) is 7. The zero-order chi connectivity index (χ0) is 23.5. The highest BCUT2D eigenvalue weighted by Gasteiger charge is 2.31. The summed E-state index contributed by atoms with van der Waals surface area (Å²) in [5.74, 6) is 1.49. The zero-order valence-corrected chi connectivity index (χ0v) is 20.5. The number of likely N-dealkylation sites (tertiary alicyclic amines) is 2. The van der Waals surface area contributed by atoms with Crippen LogP contribution in [-0.4, -0.2) is 66.8 Å². The lowest BCUT2D eigenvalue weighted by molar-refractivity contribution is 0.0810. The van der Waals surface area contributed by atoms with Crippen LogP contribution in [0.5, 0.6) is 0 Å². The number of aromatic nitrogens is 2. The summed E-state index contributed by atoms with van der Waals surface area (Å²) in [5.41, 5.74) is 2.16. The molecule has 7 nitrogen and oxygen atoms in total. The second-order valence-electron chi connectivity index (χ2n) is 9.56. The van der Waals surface area contributed by atoms with Gasteiger partial charge in [-0.1, -0.05) is 35.5 Å². The summed E-state index contributed by atoms with van der Waals surface area (Å²) in [4.78, 5) is 10.1. The number of hydrogen-bond donors (Lipinski definition) is 0. The Morgan fingerprint density at radius 2 is 1.59 bits per heavy atom. The Kier molecular flexibility index (Phi) is 6.81. The molecular weight excluding hydrogens is 448 g/mol. The fraction of sp³-hybridized carbons (Fsp3) is 0.462. The molecule has 1 aromatic heterocycles. The van der Waals surface area contributed by atoms with Crippen LogP contribution in [0.25, 0.3) is 11.4 Å². The predicted octanol–water partition coefficient (Wildman–Crippen LogP) is 3.98. The van der Waals surface area contributed by atoms with E-state index >= 15 is 0 Å². The van der Waals surface area contributed by atoms with Gasteiger partial charge in [-0.15, -0.1) is 0 Å². The number of rotatable bonds is 6. The highest BCUT2D eigenvalue weighted by atomic mass is 32.2. The van der Waals surface area contributed by atoms with Gasteiger partial charge in [0.25, 0.3) is 0 Å². The van der Waals surface area contributed by atoms with Crippen LogP contribution in [0.1, 0.15) is 43.1 Å². The molecular formula is C26H32N4O3S. The van der Waals surface area contributed by atoms with E-state index in [4.69, 9.17) is 4.52 Å². The van der Waals surface area contributed by atoms with Crippen molar-refractivity contribution in [2.24, 2.45) is 0 Å². The number of sulfone groups is 1. The average molecular weight is 481 g/mol. The molecule has 2 aliphatic rings. The second kappa shape index (κ2) is 9.98. The Morgan fingerprint density at radius 1 is 0.912 bits per heavy atom. The van der Waals surface area contributed by atoms with Gasteiger partial charge in [0.15, 0.2) is 9.84 Å². The molecule has 5 rings (SSSR count). The number of benzene rings is 2. The molecule has 0 unspecified atom stereocenters. The topological polar surface area (TPSA) is 79.5 Å². The van der Waals surface area contributed by atoms with Crippen molar-refractivity contribution in [2.75, 3.05) is 32.4 Å². The molecule has 0 aliphatic carbocycles. The van der Waals surface area contributed by atoms with Gasteiger partial charge in [0.1, 0.15) is 0 Å². The summed E-state index contributed by atoms with van der Waals surface area (Å²) in [6, 6.07) is 18.0. The Bertz CT molecular complexity index is 1180. The van der Waals surface area contributed by atoms with E-state index in [1.54, 1.807) is 24.3 Å². The van der Waals surface area contributed by atoms with Gasteiger partial charge in [-0.05, 0) is 81.7 Å². The van der Waals surface area contributed by atoms with Crippen molar-refractivity contribution >= 4 is 9.84 Å². The second-order valence-corrected chi connectivity index (χ2v) is 11.6. The summed E-state index contributed by atoms with van der Waals surface area (Å²) in [5, 5.41) is 4.15. The summed E-state index contributed by atoms with van der Waals surface area (Å²) < 4.78 is 28.9. The fourth-order valence-corrected chi connectivity index (χ4v) is 5.80. The molecule has 2 aliphatic heterocycles. The summed E-state index contributed by atoms with van der Waals surface area (Å²) in [7, 11) is -3.22. The fourth-order valence-electron chi connectivity index (χ4n) is 5.17. The van der Waals surface area contributed by atoms with Crippen LogP contribution in [0.2, 0.25) is 0 Å².